The van der Waals surface area contributed by atoms with Crippen molar-refractivity contribution in [2.45, 2.75) is 0 Å². The molecule has 172 valence electrons. The van der Waals surface area contributed by atoms with Gasteiger partial charge in [-0.3, -0.25) is 4.79 Å². The third-order valence-electron chi connectivity index (χ3n) is 5.90. The third-order valence-corrected chi connectivity index (χ3v) is 5.90. The first-order valence-electron chi connectivity index (χ1n) is 11.2. The maximum Gasteiger partial charge on any atom is 0.256 e. The van der Waals surface area contributed by atoms with Crippen molar-refractivity contribution >= 4 is 22.5 Å². The number of rotatable bonds is 6. The van der Waals surface area contributed by atoms with Gasteiger partial charge in [0.05, 0.1) is 31.0 Å². The van der Waals surface area contributed by atoms with Gasteiger partial charge in [0, 0.05) is 22.7 Å². The van der Waals surface area contributed by atoms with Crippen LogP contribution >= 0.6 is 0 Å². The molecule has 4 aromatic carbocycles. The topological polar surface area (TPSA) is 60.5 Å². The standard InChI is InChI=1S/C30H24N2O3/c1-34-24-14-10-21(11-15-24)20-8-12-23(13-9-20)31-30(33)27-19-28(22-6-4-3-5-7-22)32-29-18-25(35-2)16-17-26(27)29/h3-19H,1-2H3,(H,31,33). The average molecular weight is 461 g/mol. The van der Waals surface area contributed by atoms with Crippen LogP contribution in [0.4, 0.5) is 5.69 Å². The number of methoxy groups -OCH3 is 2. The number of ether oxygens (including phenoxy) is 2. The highest BCUT2D eigenvalue weighted by atomic mass is 16.5. The van der Waals surface area contributed by atoms with Crippen LogP contribution in [0.2, 0.25) is 0 Å². The lowest BCUT2D eigenvalue weighted by atomic mass is 10.0. The first-order valence-corrected chi connectivity index (χ1v) is 11.2. The van der Waals surface area contributed by atoms with Crippen molar-refractivity contribution in [1.29, 1.82) is 0 Å². The molecule has 0 saturated heterocycles. The van der Waals surface area contributed by atoms with Crippen molar-refractivity contribution in [2.75, 3.05) is 19.5 Å². The van der Waals surface area contributed by atoms with E-state index in [-0.39, 0.29) is 5.91 Å². The molecule has 5 nitrogen and oxygen atoms in total. The molecule has 5 rings (SSSR count). The Morgan fingerprint density at radius 2 is 1.31 bits per heavy atom. The lowest BCUT2D eigenvalue weighted by molar-refractivity contribution is 0.102. The third kappa shape index (κ3) is 4.70. The Kier molecular flexibility index (Phi) is 6.14. The summed E-state index contributed by atoms with van der Waals surface area (Å²) < 4.78 is 10.6. The number of benzene rings is 4. The number of fused-ring (bicyclic) bond motifs is 1. The van der Waals surface area contributed by atoms with E-state index in [2.05, 4.69) is 5.32 Å². The number of carbonyl (C=O) groups excluding carboxylic acids is 1. The molecule has 5 heteroatoms. The van der Waals surface area contributed by atoms with Gasteiger partial charge in [0.2, 0.25) is 0 Å². The summed E-state index contributed by atoms with van der Waals surface area (Å²) in [6, 6.07) is 32.9. The predicted molar refractivity (Wildman–Crippen MR) is 140 cm³/mol. The molecule has 0 spiro atoms. The van der Waals surface area contributed by atoms with Crippen LogP contribution in [-0.4, -0.2) is 25.1 Å². The number of aromatic nitrogens is 1. The molecule has 35 heavy (non-hydrogen) atoms. The van der Waals surface area contributed by atoms with E-state index in [4.69, 9.17) is 14.5 Å². The van der Waals surface area contributed by atoms with E-state index in [1.807, 2.05) is 103 Å². The van der Waals surface area contributed by atoms with Crippen molar-refractivity contribution in [1.82, 2.24) is 4.98 Å². The minimum atomic E-state index is -0.197. The quantitative estimate of drug-likeness (QED) is 0.301. The zero-order valence-electron chi connectivity index (χ0n) is 19.5. The zero-order valence-corrected chi connectivity index (χ0v) is 19.5. The number of nitrogens with zero attached hydrogens (tertiary/aromatic N) is 1. The Morgan fingerprint density at radius 3 is 1.97 bits per heavy atom. The fourth-order valence-corrected chi connectivity index (χ4v) is 4.01. The normalized spacial score (nSPS) is 10.7. The summed E-state index contributed by atoms with van der Waals surface area (Å²) >= 11 is 0. The smallest absolute Gasteiger partial charge is 0.256 e. The van der Waals surface area contributed by atoms with Gasteiger partial charge in [0.15, 0.2) is 0 Å². The van der Waals surface area contributed by atoms with Gasteiger partial charge in [-0.25, -0.2) is 4.98 Å². The van der Waals surface area contributed by atoms with Gasteiger partial charge in [-0.05, 0) is 53.6 Å². The van der Waals surface area contributed by atoms with E-state index in [0.717, 1.165) is 33.5 Å². The number of nitrogens with one attached hydrogen (secondary N) is 1. The van der Waals surface area contributed by atoms with E-state index >= 15 is 0 Å². The Balaban J connectivity index is 1.46. The van der Waals surface area contributed by atoms with Crippen molar-refractivity contribution < 1.29 is 14.3 Å². The molecule has 1 heterocycles. The molecule has 1 amide bonds. The van der Waals surface area contributed by atoms with Crippen molar-refractivity contribution in [2.24, 2.45) is 0 Å². The van der Waals surface area contributed by atoms with Crippen LogP contribution < -0.4 is 14.8 Å². The molecule has 0 saturated carbocycles. The number of amides is 1. The molecule has 0 bridgehead atoms. The van der Waals surface area contributed by atoms with Gasteiger partial charge >= 0.3 is 0 Å². The second-order valence-electron chi connectivity index (χ2n) is 8.06. The van der Waals surface area contributed by atoms with Crippen molar-refractivity contribution in [3.05, 3.63) is 109 Å². The van der Waals surface area contributed by atoms with Gasteiger partial charge in [0.25, 0.3) is 5.91 Å². The monoisotopic (exact) mass is 460 g/mol. The van der Waals surface area contributed by atoms with Crippen LogP contribution in [0.3, 0.4) is 0 Å². The minimum Gasteiger partial charge on any atom is -0.497 e. The maximum absolute atomic E-state index is 13.4. The maximum atomic E-state index is 13.4. The van der Waals surface area contributed by atoms with Crippen LogP contribution in [0.15, 0.2) is 103 Å². The van der Waals surface area contributed by atoms with Crippen molar-refractivity contribution in [3.8, 4) is 33.9 Å². The molecular formula is C30H24N2O3. The minimum absolute atomic E-state index is 0.197. The number of hydrogen-bond acceptors (Lipinski definition) is 4. The van der Waals surface area contributed by atoms with Gasteiger partial charge in [0.1, 0.15) is 11.5 Å². The molecule has 0 unspecified atom stereocenters. The Bertz CT molecular complexity index is 1480. The number of pyridine rings is 1. The molecule has 5 aromatic rings. The summed E-state index contributed by atoms with van der Waals surface area (Å²) in [5, 5.41) is 3.80. The molecule has 1 aromatic heterocycles. The summed E-state index contributed by atoms with van der Waals surface area (Å²) in [5.74, 6) is 1.31. The van der Waals surface area contributed by atoms with Crippen molar-refractivity contribution in [3.63, 3.8) is 0 Å². The molecule has 0 aliphatic rings. The van der Waals surface area contributed by atoms with E-state index in [1.54, 1.807) is 14.2 Å². The summed E-state index contributed by atoms with van der Waals surface area (Å²) in [5.41, 5.74) is 5.76. The average Bonchev–Trinajstić information content (AvgIpc) is 2.93. The molecular weight excluding hydrogens is 436 g/mol. The summed E-state index contributed by atoms with van der Waals surface area (Å²) in [7, 11) is 3.27. The first kappa shape index (κ1) is 22.2. The van der Waals surface area contributed by atoms with Crippen LogP contribution in [0, 0.1) is 0 Å². The fraction of sp³-hybridized carbons (Fsp3) is 0.0667. The van der Waals surface area contributed by atoms with E-state index in [9.17, 15) is 4.79 Å². The largest absolute Gasteiger partial charge is 0.497 e. The SMILES string of the molecule is COc1ccc(-c2ccc(NC(=O)c3cc(-c4ccccc4)nc4cc(OC)ccc34)cc2)cc1. The Labute approximate surface area is 204 Å². The highest BCUT2D eigenvalue weighted by Crippen LogP contribution is 2.29. The molecule has 0 aliphatic heterocycles. The van der Waals surface area contributed by atoms with Crippen LogP contribution in [0.5, 0.6) is 11.5 Å². The molecule has 0 atom stereocenters. The highest BCUT2D eigenvalue weighted by molar-refractivity contribution is 6.13. The number of carbonyl (C=O) groups is 1. The van der Waals surface area contributed by atoms with Gasteiger partial charge in [-0.1, -0.05) is 54.6 Å². The lowest BCUT2D eigenvalue weighted by Crippen LogP contribution is -2.13. The second kappa shape index (κ2) is 9.69. The summed E-state index contributed by atoms with van der Waals surface area (Å²) in [4.78, 5) is 18.2. The van der Waals surface area contributed by atoms with E-state index < -0.39 is 0 Å². The Hall–Kier alpha value is -4.64. The second-order valence-corrected chi connectivity index (χ2v) is 8.06. The summed E-state index contributed by atoms with van der Waals surface area (Å²) in [6.07, 6.45) is 0. The van der Waals surface area contributed by atoms with Crippen LogP contribution in [-0.2, 0) is 0 Å². The lowest BCUT2D eigenvalue weighted by Gasteiger charge is -2.12. The predicted octanol–water partition coefficient (Wildman–Crippen LogP) is 6.84. The fourth-order valence-electron chi connectivity index (χ4n) is 4.01. The first-order chi connectivity index (χ1) is 17.1. The van der Waals surface area contributed by atoms with Crippen LogP contribution in [0.25, 0.3) is 33.3 Å². The molecule has 0 aliphatic carbocycles. The van der Waals surface area contributed by atoms with E-state index in [1.165, 1.54) is 0 Å². The molecule has 0 radical (unpaired) electrons. The Morgan fingerprint density at radius 1 is 0.686 bits per heavy atom. The van der Waals surface area contributed by atoms with Crippen LogP contribution in [0.1, 0.15) is 10.4 Å². The van der Waals surface area contributed by atoms with Gasteiger partial charge < -0.3 is 14.8 Å². The van der Waals surface area contributed by atoms with Gasteiger partial charge in [-0.2, -0.15) is 0 Å². The van der Waals surface area contributed by atoms with Gasteiger partial charge in [-0.15, -0.1) is 0 Å². The number of anilines is 1. The number of hydrogen-bond donors (Lipinski definition) is 1. The molecule has 0 fully saturated rings. The summed E-state index contributed by atoms with van der Waals surface area (Å²) in [6.45, 7) is 0. The van der Waals surface area contributed by atoms with E-state index in [0.29, 0.717) is 22.5 Å². The molecule has 1 N–H and O–H groups in total. The zero-order chi connectivity index (χ0) is 24.2. The highest BCUT2D eigenvalue weighted by Gasteiger charge is 2.15.